The van der Waals surface area contributed by atoms with Gasteiger partial charge in [0, 0.05) is 49.9 Å². The average Bonchev–Trinajstić information content (AvgIpc) is 2.56. The maximum atomic E-state index is 12.4. The summed E-state index contributed by atoms with van der Waals surface area (Å²) < 4.78 is 0. The number of carbonyl (C=O) groups is 1. The summed E-state index contributed by atoms with van der Waals surface area (Å²) in [6.07, 6.45) is -0.352. The average molecular weight is 367 g/mol. The minimum atomic E-state index is -0.352. The van der Waals surface area contributed by atoms with Crippen molar-refractivity contribution >= 4 is 23.5 Å². The number of hydrogen-bond acceptors (Lipinski definition) is 5. The quantitative estimate of drug-likeness (QED) is 0.722. The highest BCUT2D eigenvalue weighted by Gasteiger charge is 2.22. The van der Waals surface area contributed by atoms with Crippen LogP contribution in [-0.4, -0.2) is 91.1 Å². The highest BCUT2D eigenvalue weighted by atomic mass is 32.2. The Morgan fingerprint density at radius 1 is 1.24 bits per heavy atom. The first-order chi connectivity index (χ1) is 12.0. The second kappa shape index (κ2) is 10.0. The lowest BCUT2D eigenvalue weighted by Gasteiger charge is -2.35. The number of urea groups is 1. The van der Waals surface area contributed by atoms with Gasteiger partial charge in [-0.25, -0.2) is 4.79 Å². The number of likely N-dealkylation sites (N-methyl/N-ethyl adjacent to an activating group) is 1. The molecule has 1 unspecified atom stereocenters. The number of β-amino-alcohol motifs (C(OH)–C–C–N with tert-alkyl or cyclic N) is 1. The van der Waals surface area contributed by atoms with E-state index < -0.39 is 0 Å². The molecule has 2 N–H and O–H groups in total. The van der Waals surface area contributed by atoms with Gasteiger partial charge in [0.15, 0.2) is 0 Å². The third-order valence-corrected chi connectivity index (χ3v) is 5.02. The molecule has 6 nitrogen and oxygen atoms in total. The van der Waals surface area contributed by atoms with Crippen LogP contribution in [0.4, 0.5) is 10.5 Å². The van der Waals surface area contributed by atoms with Crippen LogP contribution in [0, 0.1) is 0 Å². The molecule has 0 aliphatic carbocycles. The molecule has 0 radical (unpaired) electrons. The van der Waals surface area contributed by atoms with Gasteiger partial charge >= 0.3 is 6.03 Å². The van der Waals surface area contributed by atoms with Gasteiger partial charge in [-0.2, -0.15) is 0 Å². The van der Waals surface area contributed by atoms with E-state index in [4.69, 9.17) is 0 Å². The maximum absolute atomic E-state index is 12.4. The van der Waals surface area contributed by atoms with Gasteiger partial charge in [-0.15, -0.1) is 11.8 Å². The first-order valence-corrected chi connectivity index (χ1v) is 9.80. The number of amides is 2. The van der Waals surface area contributed by atoms with Gasteiger partial charge in [0.05, 0.1) is 6.10 Å². The van der Waals surface area contributed by atoms with Crippen molar-refractivity contribution in [1.29, 1.82) is 0 Å². The molecule has 1 aromatic carbocycles. The molecule has 1 heterocycles. The Kier molecular flexibility index (Phi) is 8.02. The van der Waals surface area contributed by atoms with Crippen LogP contribution < -0.4 is 5.32 Å². The Balaban J connectivity index is 1.75. The predicted molar refractivity (Wildman–Crippen MR) is 104 cm³/mol. The van der Waals surface area contributed by atoms with Crippen molar-refractivity contribution < 1.29 is 9.90 Å². The number of aliphatic hydroxyl groups excluding tert-OH is 1. The number of thioether (sulfide) groups is 1. The number of rotatable bonds is 7. The monoisotopic (exact) mass is 366 g/mol. The van der Waals surface area contributed by atoms with E-state index >= 15 is 0 Å². The highest BCUT2D eigenvalue weighted by Crippen LogP contribution is 2.20. The molecule has 0 spiro atoms. The number of piperazine rings is 1. The van der Waals surface area contributed by atoms with Gasteiger partial charge in [-0.1, -0.05) is 6.92 Å². The molecule has 1 atom stereocenters. The van der Waals surface area contributed by atoms with Gasteiger partial charge in [0.25, 0.3) is 0 Å². The van der Waals surface area contributed by atoms with E-state index in [-0.39, 0.29) is 12.1 Å². The Morgan fingerprint density at radius 3 is 2.44 bits per heavy atom. The largest absolute Gasteiger partial charge is 0.390 e. The highest BCUT2D eigenvalue weighted by molar-refractivity contribution is 7.99. The molecule has 0 saturated carbocycles. The van der Waals surface area contributed by atoms with E-state index in [9.17, 15) is 9.90 Å². The van der Waals surface area contributed by atoms with Crippen LogP contribution in [0.2, 0.25) is 0 Å². The molecule has 25 heavy (non-hydrogen) atoms. The zero-order valence-electron chi connectivity index (χ0n) is 15.4. The van der Waals surface area contributed by atoms with Crippen molar-refractivity contribution in [3.05, 3.63) is 24.3 Å². The van der Waals surface area contributed by atoms with E-state index in [1.165, 1.54) is 4.90 Å². The summed E-state index contributed by atoms with van der Waals surface area (Å²) in [5, 5.41) is 13.0. The summed E-state index contributed by atoms with van der Waals surface area (Å²) in [5.41, 5.74) is 0.828. The molecular weight excluding hydrogens is 336 g/mol. The van der Waals surface area contributed by atoms with Gasteiger partial charge in [0.1, 0.15) is 0 Å². The summed E-state index contributed by atoms with van der Waals surface area (Å²) in [6.45, 7) is 6.40. The fourth-order valence-corrected chi connectivity index (χ4v) is 3.58. The van der Waals surface area contributed by atoms with Crippen molar-refractivity contribution in [2.24, 2.45) is 0 Å². The lowest BCUT2D eigenvalue weighted by Crippen LogP contribution is -2.52. The Bertz CT molecular complexity index is 530. The lowest BCUT2D eigenvalue weighted by atomic mass is 10.2. The zero-order chi connectivity index (χ0) is 18.2. The summed E-state index contributed by atoms with van der Waals surface area (Å²) in [4.78, 5) is 19.6. The van der Waals surface area contributed by atoms with E-state index in [0.29, 0.717) is 26.2 Å². The maximum Gasteiger partial charge on any atom is 0.321 e. The second-order valence-corrected chi connectivity index (χ2v) is 7.93. The van der Waals surface area contributed by atoms with Crippen LogP contribution in [-0.2, 0) is 0 Å². The Labute approximate surface area is 155 Å². The zero-order valence-corrected chi connectivity index (χ0v) is 16.3. The van der Waals surface area contributed by atoms with Crippen molar-refractivity contribution in [1.82, 2.24) is 14.7 Å². The van der Waals surface area contributed by atoms with Crippen LogP contribution in [0.25, 0.3) is 0 Å². The summed E-state index contributed by atoms with van der Waals surface area (Å²) in [6, 6.07) is 7.92. The molecule has 2 rings (SSSR count). The van der Waals surface area contributed by atoms with E-state index in [1.807, 2.05) is 48.2 Å². The molecule has 0 aromatic heterocycles. The first kappa shape index (κ1) is 20.0. The van der Waals surface area contributed by atoms with E-state index in [0.717, 1.165) is 24.5 Å². The minimum Gasteiger partial charge on any atom is -0.390 e. The van der Waals surface area contributed by atoms with Crippen molar-refractivity contribution in [2.45, 2.75) is 17.9 Å². The smallest absolute Gasteiger partial charge is 0.321 e. The number of anilines is 1. The molecular formula is C18H30N4O2S. The van der Waals surface area contributed by atoms with Crippen molar-refractivity contribution in [2.75, 3.05) is 64.4 Å². The topological polar surface area (TPSA) is 59.1 Å². The Hall–Kier alpha value is -1.28. The molecule has 1 saturated heterocycles. The minimum absolute atomic E-state index is 0.0515. The van der Waals surface area contributed by atoms with Gasteiger partial charge in [-0.05, 0) is 44.1 Å². The van der Waals surface area contributed by atoms with Gasteiger partial charge < -0.3 is 20.2 Å². The van der Waals surface area contributed by atoms with Crippen molar-refractivity contribution in [3.63, 3.8) is 0 Å². The molecule has 7 heteroatoms. The third kappa shape index (κ3) is 6.86. The SMILES string of the molecule is CCSc1ccc(NC(=O)N2CCN(CC(O)CN(C)C)CC2)cc1. The van der Waals surface area contributed by atoms with Crippen LogP contribution in [0.1, 0.15) is 6.92 Å². The number of hydrogen-bond donors (Lipinski definition) is 2. The molecule has 2 amide bonds. The molecule has 140 valence electrons. The van der Waals surface area contributed by atoms with Gasteiger partial charge in [-0.3, -0.25) is 4.90 Å². The van der Waals surface area contributed by atoms with E-state index in [1.54, 1.807) is 11.8 Å². The summed E-state index contributed by atoms with van der Waals surface area (Å²) in [7, 11) is 3.91. The first-order valence-electron chi connectivity index (χ1n) is 8.82. The molecule has 1 aromatic rings. The normalized spacial score (nSPS) is 16.9. The lowest BCUT2D eigenvalue weighted by molar-refractivity contribution is 0.0677. The number of benzene rings is 1. The van der Waals surface area contributed by atoms with Crippen LogP contribution in [0.5, 0.6) is 0 Å². The number of nitrogens with one attached hydrogen (secondary N) is 1. The summed E-state index contributed by atoms with van der Waals surface area (Å²) in [5.74, 6) is 1.04. The molecule has 0 bridgehead atoms. The fraction of sp³-hybridized carbons (Fsp3) is 0.611. The van der Waals surface area contributed by atoms with E-state index in [2.05, 4.69) is 17.1 Å². The Morgan fingerprint density at radius 2 is 1.88 bits per heavy atom. The number of aliphatic hydroxyl groups is 1. The van der Waals surface area contributed by atoms with Crippen LogP contribution in [0.15, 0.2) is 29.2 Å². The predicted octanol–water partition coefficient (Wildman–Crippen LogP) is 1.87. The standard InChI is InChI=1S/C18H30N4O2S/c1-4-25-17-7-5-15(6-8-17)19-18(24)22-11-9-21(10-12-22)14-16(23)13-20(2)3/h5-8,16,23H,4,9-14H2,1-3H3,(H,19,24). The summed E-state index contributed by atoms with van der Waals surface area (Å²) >= 11 is 1.79. The molecule has 1 aliphatic rings. The van der Waals surface area contributed by atoms with Crippen molar-refractivity contribution in [3.8, 4) is 0 Å². The fourth-order valence-electron chi connectivity index (χ4n) is 2.91. The molecule has 1 fully saturated rings. The number of carbonyl (C=O) groups excluding carboxylic acids is 1. The number of nitrogens with zero attached hydrogens (tertiary/aromatic N) is 3. The van der Waals surface area contributed by atoms with Crippen LogP contribution >= 0.6 is 11.8 Å². The van der Waals surface area contributed by atoms with Gasteiger partial charge in [0.2, 0.25) is 0 Å². The second-order valence-electron chi connectivity index (χ2n) is 6.59. The molecule has 1 aliphatic heterocycles. The van der Waals surface area contributed by atoms with Crippen LogP contribution in [0.3, 0.4) is 0 Å². The third-order valence-electron chi connectivity index (χ3n) is 4.12.